The Kier molecular flexibility index (Phi) is 5.54. The van der Waals surface area contributed by atoms with Crippen LogP contribution in [0.2, 0.25) is 0 Å². The second-order valence-corrected chi connectivity index (χ2v) is 6.79. The smallest absolute Gasteiger partial charge is 0.0212 e. The summed E-state index contributed by atoms with van der Waals surface area (Å²) in [5.74, 6) is 1.99. The van der Waals surface area contributed by atoms with Gasteiger partial charge in [-0.3, -0.25) is 0 Å². The average Bonchev–Trinajstić information content (AvgIpc) is 3.21. The van der Waals surface area contributed by atoms with E-state index in [1.165, 1.54) is 77.2 Å². The van der Waals surface area contributed by atoms with E-state index < -0.39 is 0 Å². The van der Waals surface area contributed by atoms with Crippen molar-refractivity contribution in [1.29, 1.82) is 0 Å². The van der Waals surface area contributed by atoms with Crippen molar-refractivity contribution in [3.63, 3.8) is 0 Å². The zero-order valence-corrected chi connectivity index (χ0v) is 12.6. The van der Waals surface area contributed by atoms with E-state index in [0.29, 0.717) is 5.54 Å². The van der Waals surface area contributed by atoms with Crippen molar-refractivity contribution in [2.75, 3.05) is 6.54 Å². The van der Waals surface area contributed by atoms with Gasteiger partial charge in [-0.05, 0) is 50.5 Å². The third kappa shape index (κ3) is 3.73. The number of hydrogen-bond acceptors (Lipinski definition) is 1. The molecule has 1 heterocycles. The number of unbranched alkanes of at least 4 members (excludes halogenated alkanes) is 1. The van der Waals surface area contributed by atoms with Crippen molar-refractivity contribution in [3.8, 4) is 0 Å². The fraction of sp³-hybridized carbons (Fsp3) is 1.00. The number of rotatable bonds is 7. The first kappa shape index (κ1) is 14.4. The second kappa shape index (κ2) is 6.93. The largest absolute Gasteiger partial charge is 0.311 e. The highest BCUT2D eigenvalue weighted by Crippen LogP contribution is 2.47. The molecule has 2 aliphatic rings. The average molecular weight is 251 g/mol. The lowest BCUT2D eigenvalue weighted by Gasteiger charge is -2.37. The quantitative estimate of drug-likeness (QED) is 0.678. The molecular formula is C17H33N. The molecule has 2 rings (SSSR count). The van der Waals surface area contributed by atoms with Crippen molar-refractivity contribution >= 4 is 0 Å². The van der Waals surface area contributed by atoms with Gasteiger partial charge in [0.25, 0.3) is 0 Å². The predicted octanol–water partition coefficient (Wildman–Crippen LogP) is 4.91. The van der Waals surface area contributed by atoms with Crippen LogP contribution in [0.25, 0.3) is 0 Å². The van der Waals surface area contributed by atoms with E-state index in [2.05, 4.69) is 19.2 Å². The summed E-state index contributed by atoms with van der Waals surface area (Å²) in [5.41, 5.74) is 0.547. The third-order valence-corrected chi connectivity index (χ3v) is 5.33. The highest BCUT2D eigenvalue weighted by molar-refractivity contribution is 5.02. The molecule has 1 aliphatic carbocycles. The first-order chi connectivity index (χ1) is 8.80. The van der Waals surface area contributed by atoms with Crippen LogP contribution in [-0.2, 0) is 0 Å². The van der Waals surface area contributed by atoms with Gasteiger partial charge in [0.1, 0.15) is 0 Å². The lowest BCUT2D eigenvalue weighted by Crippen LogP contribution is -2.48. The predicted molar refractivity (Wildman–Crippen MR) is 79.8 cm³/mol. The van der Waals surface area contributed by atoms with Gasteiger partial charge in [-0.25, -0.2) is 0 Å². The molecule has 1 heteroatoms. The minimum Gasteiger partial charge on any atom is -0.311 e. The monoisotopic (exact) mass is 251 g/mol. The first-order valence-corrected chi connectivity index (χ1v) is 8.55. The summed E-state index contributed by atoms with van der Waals surface area (Å²) in [6.07, 6.45) is 15.9. The summed E-state index contributed by atoms with van der Waals surface area (Å²) in [6, 6.07) is 0. The maximum absolute atomic E-state index is 4.00. The normalized spacial score (nSPS) is 31.0. The summed E-state index contributed by atoms with van der Waals surface area (Å²) in [6.45, 7) is 6.01. The number of hydrogen-bond donors (Lipinski definition) is 1. The van der Waals surface area contributed by atoms with Crippen molar-refractivity contribution in [1.82, 2.24) is 5.32 Å². The second-order valence-electron chi connectivity index (χ2n) is 6.79. The lowest BCUT2D eigenvalue weighted by atomic mass is 9.77. The van der Waals surface area contributed by atoms with Crippen molar-refractivity contribution < 1.29 is 0 Å². The molecule has 0 aromatic rings. The third-order valence-electron chi connectivity index (χ3n) is 5.33. The molecule has 18 heavy (non-hydrogen) atoms. The van der Waals surface area contributed by atoms with E-state index in [1.54, 1.807) is 0 Å². The minimum absolute atomic E-state index is 0.547. The Balaban J connectivity index is 1.95. The van der Waals surface area contributed by atoms with Gasteiger partial charge < -0.3 is 5.32 Å². The van der Waals surface area contributed by atoms with Gasteiger partial charge in [0.2, 0.25) is 0 Å². The molecular weight excluding hydrogens is 218 g/mol. The molecule has 106 valence electrons. The van der Waals surface area contributed by atoms with E-state index in [1.807, 2.05) is 0 Å². The van der Waals surface area contributed by atoms with Crippen LogP contribution in [0, 0.1) is 11.8 Å². The lowest BCUT2D eigenvalue weighted by molar-refractivity contribution is 0.201. The summed E-state index contributed by atoms with van der Waals surface area (Å²) >= 11 is 0. The molecule has 0 amide bonds. The molecule has 1 N–H and O–H groups in total. The van der Waals surface area contributed by atoms with Gasteiger partial charge in [0.05, 0.1) is 0 Å². The Morgan fingerprint density at radius 1 is 1.17 bits per heavy atom. The molecule has 2 unspecified atom stereocenters. The van der Waals surface area contributed by atoms with Gasteiger partial charge in [0.15, 0.2) is 0 Å². The van der Waals surface area contributed by atoms with Crippen LogP contribution in [-0.4, -0.2) is 12.1 Å². The summed E-state index contributed by atoms with van der Waals surface area (Å²) in [7, 11) is 0. The maximum atomic E-state index is 4.00. The summed E-state index contributed by atoms with van der Waals surface area (Å²) in [4.78, 5) is 0. The van der Waals surface area contributed by atoms with Crippen LogP contribution in [0.5, 0.6) is 0 Å². The summed E-state index contributed by atoms with van der Waals surface area (Å²) < 4.78 is 0. The Morgan fingerprint density at radius 2 is 2.00 bits per heavy atom. The van der Waals surface area contributed by atoms with Gasteiger partial charge in [-0.2, -0.15) is 0 Å². The van der Waals surface area contributed by atoms with E-state index in [4.69, 9.17) is 0 Å². The van der Waals surface area contributed by atoms with Crippen LogP contribution in [0.1, 0.15) is 84.5 Å². The molecule has 1 saturated carbocycles. The highest BCUT2D eigenvalue weighted by Gasteiger charge is 2.45. The van der Waals surface area contributed by atoms with Gasteiger partial charge in [-0.15, -0.1) is 0 Å². The Morgan fingerprint density at radius 3 is 2.67 bits per heavy atom. The van der Waals surface area contributed by atoms with E-state index in [9.17, 15) is 0 Å². The first-order valence-electron chi connectivity index (χ1n) is 8.55. The van der Waals surface area contributed by atoms with Gasteiger partial charge in [0, 0.05) is 5.54 Å². The SMILES string of the molecule is CCCCC(CC)CC1(C2CC2)CCCCCN1. The molecule has 0 aromatic carbocycles. The molecule has 0 aromatic heterocycles. The topological polar surface area (TPSA) is 12.0 Å². The fourth-order valence-corrected chi connectivity index (χ4v) is 3.95. The Hall–Kier alpha value is -0.0400. The maximum Gasteiger partial charge on any atom is 0.0212 e. The van der Waals surface area contributed by atoms with E-state index in [-0.39, 0.29) is 0 Å². The molecule has 1 aliphatic heterocycles. The van der Waals surface area contributed by atoms with Gasteiger partial charge in [-0.1, -0.05) is 52.4 Å². The van der Waals surface area contributed by atoms with Crippen LogP contribution < -0.4 is 5.32 Å². The van der Waals surface area contributed by atoms with Crippen LogP contribution in [0.4, 0.5) is 0 Å². The molecule has 2 fully saturated rings. The van der Waals surface area contributed by atoms with Crippen LogP contribution >= 0.6 is 0 Å². The molecule has 0 radical (unpaired) electrons. The van der Waals surface area contributed by atoms with E-state index >= 15 is 0 Å². The fourth-order valence-electron chi connectivity index (χ4n) is 3.95. The Labute approximate surface area is 114 Å². The molecule has 0 bridgehead atoms. The Bertz CT molecular complexity index is 224. The van der Waals surface area contributed by atoms with Crippen LogP contribution in [0.3, 0.4) is 0 Å². The van der Waals surface area contributed by atoms with Crippen molar-refractivity contribution in [2.45, 2.75) is 90.0 Å². The molecule has 2 atom stereocenters. The zero-order valence-electron chi connectivity index (χ0n) is 12.6. The van der Waals surface area contributed by atoms with Crippen molar-refractivity contribution in [2.24, 2.45) is 11.8 Å². The molecule has 1 nitrogen and oxygen atoms in total. The molecule has 0 spiro atoms. The van der Waals surface area contributed by atoms with Crippen LogP contribution in [0.15, 0.2) is 0 Å². The standard InChI is InChI=1S/C17H33N/c1-3-5-9-15(4-2)14-17(16-10-11-16)12-7-6-8-13-18-17/h15-16,18H,3-14H2,1-2H3. The van der Waals surface area contributed by atoms with Crippen molar-refractivity contribution in [3.05, 3.63) is 0 Å². The zero-order chi connectivity index (χ0) is 12.8. The van der Waals surface area contributed by atoms with Gasteiger partial charge >= 0.3 is 0 Å². The highest BCUT2D eigenvalue weighted by atomic mass is 15.0. The molecule has 1 saturated heterocycles. The van der Waals surface area contributed by atoms with E-state index in [0.717, 1.165) is 11.8 Å². The number of nitrogens with one attached hydrogen (secondary N) is 1. The minimum atomic E-state index is 0.547. The summed E-state index contributed by atoms with van der Waals surface area (Å²) in [5, 5.41) is 4.00.